The van der Waals surface area contributed by atoms with Gasteiger partial charge in [0, 0.05) is 31.7 Å². The first-order valence-electron chi connectivity index (χ1n) is 6.03. The van der Waals surface area contributed by atoms with Gasteiger partial charge in [-0.25, -0.2) is 0 Å². The van der Waals surface area contributed by atoms with Gasteiger partial charge in [0.2, 0.25) is 0 Å². The number of hydrogen-bond acceptors (Lipinski definition) is 4. The second-order valence-electron chi connectivity index (χ2n) is 4.24. The van der Waals surface area contributed by atoms with Crippen LogP contribution in [0.3, 0.4) is 0 Å². The quantitative estimate of drug-likeness (QED) is 0.860. The van der Waals surface area contributed by atoms with Crippen molar-refractivity contribution < 1.29 is 4.79 Å². The lowest BCUT2D eigenvalue weighted by Gasteiger charge is -2.07. The summed E-state index contributed by atoms with van der Waals surface area (Å²) >= 11 is 0. The molecular weight excluding hydrogens is 240 g/mol. The number of rotatable bonds is 4. The third-order valence-corrected chi connectivity index (χ3v) is 2.87. The highest BCUT2D eigenvalue weighted by molar-refractivity contribution is 5.92. The molecule has 0 aromatic carbocycles. The molecule has 3 N–H and O–H groups in total. The van der Waals surface area contributed by atoms with Crippen molar-refractivity contribution in [1.82, 2.24) is 15.3 Å². The maximum atomic E-state index is 11.9. The first-order valence-corrected chi connectivity index (χ1v) is 6.03. The van der Waals surface area contributed by atoms with Crippen LogP contribution >= 0.6 is 0 Å². The van der Waals surface area contributed by atoms with Crippen LogP contribution in [0.25, 0.3) is 0 Å². The molecule has 0 spiro atoms. The predicted octanol–water partition coefficient (Wildman–Crippen LogP) is 1.17. The molecule has 0 radical (unpaired) electrons. The molecule has 0 aliphatic rings. The zero-order valence-electron chi connectivity index (χ0n) is 10.8. The molecule has 1 amide bonds. The predicted molar refractivity (Wildman–Crippen MR) is 72.3 cm³/mol. The van der Waals surface area contributed by atoms with Crippen molar-refractivity contribution in [3.63, 3.8) is 0 Å². The molecule has 0 aliphatic heterocycles. The summed E-state index contributed by atoms with van der Waals surface area (Å²) < 4.78 is 0. The molecule has 0 saturated carbocycles. The number of nitrogens with one attached hydrogen (secondary N) is 1. The van der Waals surface area contributed by atoms with Crippen LogP contribution in [0.15, 0.2) is 36.8 Å². The standard InChI is InChI=1S/C14H16N4O/c1-10-7-16-5-4-12(10)9-18-14(19)13-3-2-11(6-15)8-17-13/h2-5,7-8H,6,9,15H2,1H3,(H,18,19). The van der Waals surface area contributed by atoms with Gasteiger partial charge in [-0.2, -0.15) is 0 Å². The summed E-state index contributed by atoms with van der Waals surface area (Å²) in [6.07, 6.45) is 5.10. The van der Waals surface area contributed by atoms with Gasteiger partial charge in [0.1, 0.15) is 5.69 Å². The molecule has 98 valence electrons. The van der Waals surface area contributed by atoms with Crippen molar-refractivity contribution >= 4 is 5.91 Å². The highest BCUT2D eigenvalue weighted by Gasteiger charge is 2.07. The van der Waals surface area contributed by atoms with Crippen molar-refractivity contribution in [2.45, 2.75) is 20.0 Å². The van der Waals surface area contributed by atoms with Crippen LogP contribution in [0.1, 0.15) is 27.2 Å². The monoisotopic (exact) mass is 256 g/mol. The van der Waals surface area contributed by atoms with Gasteiger partial charge in [0.15, 0.2) is 0 Å². The zero-order valence-corrected chi connectivity index (χ0v) is 10.8. The Bertz CT molecular complexity index is 566. The number of hydrogen-bond donors (Lipinski definition) is 2. The van der Waals surface area contributed by atoms with Crippen LogP contribution in [0, 0.1) is 6.92 Å². The molecule has 2 rings (SSSR count). The van der Waals surface area contributed by atoms with Crippen LogP contribution in [0.4, 0.5) is 0 Å². The van der Waals surface area contributed by atoms with Crippen LogP contribution in [0.2, 0.25) is 0 Å². The molecule has 2 heterocycles. The molecule has 2 aromatic heterocycles. The maximum absolute atomic E-state index is 11.9. The van der Waals surface area contributed by atoms with Crippen molar-refractivity contribution in [2.24, 2.45) is 5.73 Å². The molecule has 19 heavy (non-hydrogen) atoms. The van der Waals surface area contributed by atoms with E-state index in [0.717, 1.165) is 16.7 Å². The summed E-state index contributed by atoms with van der Waals surface area (Å²) in [4.78, 5) is 20.0. The highest BCUT2D eigenvalue weighted by Crippen LogP contribution is 2.05. The fourth-order valence-electron chi connectivity index (χ4n) is 1.65. The molecule has 0 saturated heterocycles. The van der Waals surface area contributed by atoms with E-state index in [4.69, 9.17) is 5.73 Å². The molecular formula is C14H16N4O. The van der Waals surface area contributed by atoms with Crippen LogP contribution < -0.4 is 11.1 Å². The summed E-state index contributed by atoms with van der Waals surface area (Å²) in [6, 6.07) is 5.37. The Morgan fingerprint density at radius 2 is 2.16 bits per heavy atom. The van der Waals surface area contributed by atoms with Crippen molar-refractivity contribution in [3.05, 3.63) is 59.2 Å². The summed E-state index contributed by atoms with van der Waals surface area (Å²) in [6.45, 7) is 2.85. The number of pyridine rings is 2. The molecule has 0 aliphatic carbocycles. The van der Waals surface area contributed by atoms with Gasteiger partial charge in [0.25, 0.3) is 5.91 Å². The smallest absolute Gasteiger partial charge is 0.270 e. The fourth-order valence-corrected chi connectivity index (χ4v) is 1.65. The largest absolute Gasteiger partial charge is 0.347 e. The molecule has 2 aromatic rings. The first-order chi connectivity index (χ1) is 9.20. The van der Waals surface area contributed by atoms with Crippen molar-refractivity contribution in [3.8, 4) is 0 Å². The van der Waals surface area contributed by atoms with Gasteiger partial charge in [-0.05, 0) is 35.7 Å². The van der Waals surface area contributed by atoms with Gasteiger partial charge in [-0.3, -0.25) is 14.8 Å². The number of aromatic nitrogens is 2. The van der Waals surface area contributed by atoms with E-state index in [9.17, 15) is 4.79 Å². The van der Waals surface area contributed by atoms with E-state index in [-0.39, 0.29) is 5.91 Å². The van der Waals surface area contributed by atoms with E-state index in [0.29, 0.717) is 18.8 Å². The van der Waals surface area contributed by atoms with E-state index in [1.54, 1.807) is 30.7 Å². The second kappa shape index (κ2) is 6.06. The summed E-state index contributed by atoms with van der Waals surface area (Å²) in [7, 11) is 0. The number of aryl methyl sites for hydroxylation is 1. The summed E-state index contributed by atoms with van der Waals surface area (Å²) in [5.41, 5.74) is 8.87. The average molecular weight is 256 g/mol. The van der Waals surface area contributed by atoms with Crippen molar-refractivity contribution in [1.29, 1.82) is 0 Å². The number of carbonyl (C=O) groups is 1. The minimum absolute atomic E-state index is 0.195. The Kier molecular flexibility index (Phi) is 4.20. The molecule has 5 heteroatoms. The summed E-state index contributed by atoms with van der Waals surface area (Å²) in [5.74, 6) is -0.195. The lowest BCUT2D eigenvalue weighted by molar-refractivity contribution is 0.0946. The van der Waals surface area contributed by atoms with Gasteiger partial charge in [-0.15, -0.1) is 0 Å². The number of nitrogens with two attached hydrogens (primary N) is 1. The van der Waals surface area contributed by atoms with Gasteiger partial charge in [0.05, 0.1) is 0 Å². The van der Waals surface area contributed by atoms with Crippen molar-refractivity contribution in [2.75, 3.05) is 0 Å². The topological polar surface area (TPSA) is 80.9 Å². The zero-order chi connectivity index (χ0) is 13.7. The first kappa shape index (κ1) is 13.2. The number of carbonyl (C=O) groups excluding carboxylic acids is 1. The third kappa shape index (κ3) is 3.35. The van der Waals surface area contributed by atoms with Gasteiger partial charge in [-0.1, -0.05) is 6.07 Å². The Labute approximate surface area is 111 Å². The van der Waals surface area contributed by atoms with Gasteiger partial charge >= 0.3 is 0 Å². The van der Waals surface area contributed by atoms with E-state index < -0.39 is 0 Å². The van der Waals surface area contributed by atoms with Crippen LogP contribution in [-0.4, -0.2) is 15.9 Å². The Balaban J connectivity index is 1.99. The number of amides is 1. The van der Waals surface area contributed by atoms with Crippen LogP contribution in [0.5, 0.6) is 0 Å². The Morgan fingerprint density at radius 1 is 1.32 bits per heavy atom. The molecule has 0 fully saturated rings. The molecule has 0 unspecified atom stereocenters. The minimum atomic E-state index is -0.195. The third-order valence-electron chi connectivity index (χ3n) is 2.87. The lowest BCUT2D eigenvalue weighted by atomic mass is 10.1. The van der Waals surface area contributed by atoms with E-state index in [2.05, 4.69) is 15.3 Å². The summed E-state index contributed by atoms with van der Waals surface area (Å²) in [5, 5.41) is 2.83. The maximum Gasteiger partial charge on any atom is 0.270 e. The van der Waals surface area contributed by atoms with E-state index >= 15 is 0 Å². The fraction of sp³-hybridized carbons (Fsp3) is 0.214. The Hall–Kier alpha value is -2.27. The molecule has 5 nitrogen and oxygen atoms in total. The van der Waals surface area contributed by atoms with Crippen LogP contribution in [-0.2, 0) is 13.1 Å². The molecule has 0 atom stereocenters. The Morgan fingerprint density at radius 3 is 2.79 bits per heavy atom. The SMILES string of the molecule is Cc1cnccc1CNC(=O)c1ccc(CN)cn1. The van der Waals surface area contributed by atoms with E-state index in [1.165, 1.54) is 0 Å². The second-order valence-corrected chi connectivity index (χ2v) is 4.24. The molecule has 0 bridgehead atoms. The average Bonchev–Trinajstić information content (AvgIpc) is 2.46. The lowest BCUT2D eigenvalue weighted by Crippen LogP contribution is -2.24. The van der Waals surface area contributed by atoms with E-state index in [1.807, 2.05) is 13.0 Å². The minimum Gasteiger partial charge on any atom is -0.347 e. The number of nitrogens with zero attached hydrogens (tertiary/aromatic N) is 2. The normalized spacial score (nSPS) is 10.2. The highest BCUT2D eigenvalue weighted by atomic mass is 16.1. The van der Waals surface area contributed by atoms with Gasteiger partial charge < -0.3 is 11.1 Å².